The Hall–Kier alpha value is -3.13. The fourth-order valence-corrected chi connectivity index (χ4v) is 2.77. The number of anilines is 1. The zero-order valence-corrected chi connectivity index (χ0v) is 14.7. The first-order valence-electron chi connectivity index (χ1n) is 7.78. The van der Waals surface area contributed by atoms with E-state index < -0.39 is 0 Å². The molecular formula is C18H16N4O3S. The number of carbonyl (C=O) groups excluding carboxylic acids is 2. The van der Waals surface area contributed by atoms with Crippen LogP contribution in [0, 0.1) is 0 Å². The van der Waals surface area contributed by atoms with Crippen molar-refractivity contribution in [3.8, 4) is 11.5 Å². The quantitative estimate of drug-likeness (QED) is 0.627. The molecule has 2 N–H and O–H groups in total. The van der Waals surface area contributed by atoms with Gasteiger partial charge in [0.25, 0.3) is 0 Å². The molecule has 0 bridgehead atoms. The van der Waals surface area contributed by atoms with E-state index in [0.717, 1.165) is 5.56 Å². The number of benzene rings is 2. The third-order valence-electron chi connectivity index (χ3n) is 3.25. The summed E-state index contributed by atoms with van der Waals surface area (Å²) < 4.78 is 5.88. The molecule has 2 amide bonds. The van der Waals surface area contributed by atoms with Gasteiger partial charge in [-0.2, -0.15) is 5.10 Å². The van der Waals surface area contributed by atoms with Crippen LogP contribution in [-0.4, -0.2) is 28.9 Å². The van der Waals surface area contributed by atoms with E-state index in [1.54, 1.807) is 30.5 Å². The molecule has 2 aromatic carbocycles. The number of hydrogen-bond acceptors (Lipinski definition) is 6. The minimum atomic E-state index is -0.126. The summed E-state index contributed by atoms with van der Waals surface area (Å²) in [5.74, 6) is 1.41. The highest BCUT2D eigenvalue weighted by Gasteiger charge is 2.15. The van der Waals surface area contributed by atoms with E-state index in [4.69, 9.17) is 4.74 Å². The Morgan fingerprint density at radius 3 is 2.69 bits per heavy atom. The van der Waals surface area contributed by atoms with Gasteiger partial charge in [-0.15, -0.1) is 5.10 Å². The minimum Gasteiger partial charge on any atom is -0.457 e. The Morgan fingerprint density at radius 1 is 1.23 bits per heavy atom. The number of amidine groups is 1. The van der Waals surface area contributed by atoms with Crippen molar-refractivity contribution in [1.29, 1.82) is 0 Å². The number of nitrogens with zero attached hydrogens (tertiary/aromatic N) is 2. The zero-order valence-electron chi connectivity index (χ0n) is 13.9. The van der Waals surface area contributed by atoms with E-state index in [-0.39, 0.29) is 11.8 Å². The van der Waals surface area contributed by atoms with Gasteiger partial charge < -0.3 is 15.4 Å². The highest BCUT2D eigenvalue weighted by molar-refractivity contribution is 8.15. The second-order valence-electron chi connectivity index (χ2n) is 5.33. The monoisotopic (exact) mass is 368 g/mol. The third-order valence-corrected chi connectivity index (χ3v) is 4.12. The number of carbonyl (C=O) groups is 2. The molecule has 2 aromatic rings. The third kappa shape index (κ3) is 4.93. The van der Waals surface area contributed by atoms with Gasteiger partial charge in [-0.1, -0.05) is 23.9 Å². The van der Waals surface area contributed by atoms with E-state index in [0.29, 0.717) is 28.1 Å². The Bertz CT molecular complexity index is 878. The van der Waals surface area contributed by atoms with E-state index >= 15 is 0 Å². The molecule has 8 heteroatoms. The first kappa shape index (κ1) is 17.7. The topological polar surface area (TPSA) is 92.2 Å². The van der Waals surface area contributed by atoms with Gasteiger partial charge in [-0.3, -0.25) is 9.59 Å². The van der Waals surface area contributed by atoms with Crippen LogP contribution in [0.25, 0.3) is 0 Å². The van der Waals surface area contributed by atoms with Crippen molar-refractivity contribution in [3.63, 3.8) is 0 Å². The van der Waals surface area contributed by atoms with Crippen LogP contribution < -0.4 is 15.4 Å². The van der Waals surface area contributed by atoms with Gasteiger partial charge in [0.05, 0.1) is 12.0 Å². The number of nitrogens with one attached hydrogen (secondary N) is 2. The molecule has 0 aromatic heterocycles. The number of amides is 2. The first-order chi connectivity index (χ1) is 12.6. The normalized spacial score (nSPS) is 15.3. The average Bonchev–Trinajstić information content (AvgIpc) is 3.03. The number of ether oxygens (including phenoxy) is 1. The van der Waals surface area contributed by atoms with Gasteiger partial charge in [-0.05, 0) is 36.4 Å². The molecule has 1 heterocycles. The number of hydrogen-bond donors (Lipinski definition) is 2. The van der Waals surface area contributed by atoms with Crippen molar-refractivity contribution in [2.45, 2.75) is 6.92 Å². The smallest absolute Gasteiger partial charge is 0.236 e. The lowest BCUT2D eigenvalue weighted by atomic mass is 10.2. The predicted octanol–water partition coefficient (Wildman–Crippen LogP) is 2.99. The molecule has 26 heavy (non-hydrogen) atoms. The van der Waals surface area contributed by atoms with Crippen LogP contribution in [0.2, 0.25) is 0 Å². The average molecular weight is 368 g/mol. The molecular weight excluding hydrogens is 352 g/mol. The Kier molecular flexibility index (Phi) is 5.65. The van der Waals surface area contributed by atoms with Crippen LogP contribution in [-0.2, 0) is 9.59 Å². The maximum atomic E-state index is 11.1. The van der Waals surface area contributed by atoms with Crippen molar-refractivity contribution >= 4 is 40.6 Å². The Labute approximate surface area is 154 Å². The van der Waals surface area contributed by atoms with E-state index in [2.05, 4.69) is 20.8 Å². The van der Waals surface area contributed by atoms with E-state index in [1.807, 2.05) is 24.3 Å². The molecule has 3 rings (SSSR count). The molecule has 7 nitrogen and oxygen atoms in total. The Morgan fingerprint density at radius 2 is 2.00 bits per heavy atom. The van der Waals surface area contributed by atoms with Crippen molar-refractivity contribution in [2.75, 3.05) is 11.1 Å². The minimum absolute atomic E-state index is 0.0737. The van der Waals surface area contributed by atoms with Crippen LogP contribution in [0.15, 0.2) is 58.7 Å². The van der Waals surface area contributed by atoms with Gasteiger partial charge in [-0.25, -0.2) is 0 Å². The Balaban J connectivity index is 1.71. The summed E-state index contributed by atoms with van der Waals surface area (Å²) in [6.45, 7) is 1.46. The summed E-state index contributed by atoms with van der Waals surface area (Å²) >= 11 is 1.31. The molecule has 1 fully saturated rings. The van der Waals surface area contributed by atoms with E-state index in [9.17, 15) is 9.59 Å². The van der Waals surface area contributed by atoms with Crippen molar-refractivity contribution in [2.24, 2.45) is 10.2 Å². The summed E-state index contributed by atoms with van der Waals surface area (Å²) in [4.78, 5) is 22.2. The van der Waals surface area contributed by atoms with E-state index in [1.165, 1.54) is 18.7 Å². The second-order valence-corrected chi connectivity index (χ2v) is 6.30. The SMILES string of the molecule is CC(=O)Nc1ccc(Oc2ccccc2C=NN=C2NC(=O)CS2)cc1. The maximum Gasteiger partial charge on any atom is 0.236 e. The summed E-state index contributed by atoms with van der Waals surface area (Å²) in [7, 11) is 0. The van der Waals surface area contributed by atoms with Crippen LogP contribution in [0.4, 0.5) is 5.69 Å². The molecule has 0 radical (unpaired) electrons. The fourth-order valence-electron chi connectivity index (χ4n) is 2.14. The van der Waals surface area contributed by atoms with Gasteiger partial charge in [0.1, 0.15) is 11.5 Å². The molecule has 1 aliphatic heterocycles. The standard InChI is InChI=1S/C18H16N4O3S/c1-12(23)20-14-6-8-15(9-7-14)25-16-5-3-2-4-13(16)10-19-22-18-21-17(24)11-26-18/h2-10H,11H2,1H3,(H,20,23)(H,21,22,24). The number of thioether (sulfide) groups is 1. The van der Waals surface area contributed by atoms with Gasteiger partial charge in [0.2, 0.25) is 11.8 Å². The summed E-state index contributed by atoms with van der Waals surface area (Å²) in [6, 6.07) is 14.5. The lowest BCUT2D eigenvalue weighted by Gasteiger charge is -2.09. The molecule has 0 unspecified atom stereocenters. The zero-order chi connectivity index (χ0) is 18.4. The highest BCUT2D eigenvalue weighted by atomic mass is 32.2. The molecule has 0 atom stereocenters. The predicted molar refractivity (Wildman–Crippen MR) is 103 cm³/mol. The van der Waals surface area contributed by atoms with Gasteiger partial charge in [0.15, 0.2) is 5.17 Å². The van der Waals surface area contributed by atoms with Crippen LogP contribution in [0.3, 0.4) is 0 Å². The summed E-state index contributed by atoms with van der Waals surface area (Å²) in [5, 5.41) is 13.8. The molecule has 0 saturated carbocycles. The van der Waals surface area contributed by atoms with Crippen LogP contribution >= 0.6 is 11.8 Å². The van der Waals surface area contributed by atoms with Gasteiger partial charge in [0, 0.05) is 18.2 Å². The summed E-state index contributed by atoms with van der Waals surface area (Å²) in [6.07, 6.45) is 1.57. The van der Waals surface area contributed by atoms with Crippen molar-refractivity contribution in [3.05, 3.63) is 54.1 Å². The van der Waals surface area contributed by atoms with Crippen LogP contribution in [0.5, 0.6) is 11.5 Å². The fraction of sp³-hybridized carbons (Fsp3) is 0.111. The van der Waals surface area contributed by atoms with Gasteiger partial charge >= 0.3 is 0 Å². The molecule has 132 valence electrons. The lowest BCUT2D eigenvalue weighted by molar-refractivity contribution is -0.117. The number of para-hydroxylation sites is 1. The molecule has 1 aliphatic rings. The van der Waals surface area contributed by atoms with Crippen molar-refractivity contribution < 1.29 is 14.3 Å². The molecule has 0 spiro atoms. The molecule has 0 aliphatic carbocycles. The first-order valence-corrected chi connectivity index (χ1v) is 8.77. The second kappa shape index (κ2) is 8.30. The van der Waals surface area contributed by atoms with Crippen molar-refractivity contribution in [1.82, 2.24) is 5.32 Å². The van der Waals surface area contributed by atoms with Crippen LogP contribution in [0.1, 0.15) is 12.5 Å². The largest absolute Gasteiger partial charge is 0.457 e. The number of rotatable bonds is 5. The summed E-state index contributed by atoms with van der Waals surface area (Å²) in [5.41, 5.74) is 1.45. The lowest BCUT2D eigenvalue weighted by Crippen LogP contribution is -2.19. The maximum absolute atomic E-state index is 11.1. The highest BCUT2D eigenvalue weighted by Crippen LogP contribution is 2.25. The molecule has 1 saturated heterocycles.